The molecular weight excluding hydrogens is 751 g/mol. The molecule has 0 atom stereocenters. The Morgan fingerprint density at radius 3 is 1.50 bits per heavy atom. The molecule has 62 heavy (non-hydrogen) atoms. The minimum atomic E-state index is 0.643. The highest BCUT2D eigenvalue weighted by Crippen LogP contribution is 2.49. The summed E-state index contributed by atoms with van der Waals surface area (Å²) in [6, 6.07) is 67.9. The Labute approximate surface area is 359 Å². The first-order chi connectivity index (χ1) is 30.7. The van der Waals surface area contributed by atoms with Crippen LogP contribution in [0, 0.1) is 0 Å². The van der Waals surface area contributed by atoms with Crippen molar-refractivity contribution in [2.75, 3.05) is 0 Å². The van der Waals surface area contributed by atoms with Gasteiger partial charge in [0.2, 0.25) is 0 Å². The fourth-order valence-electron chi connectivity index (χ4n) is 10.3. The van der Waals surface area contributed by atoms with Gasteiger partial charge < -0.3 is 0 Å². The van der Waals surface area contributed by atoms with Gasteiger partial charge in [0, 0.05) is 16.7 Å². The van der Waals surface area contributed by atoms with Crippen LogP contribution in [-0.2, 0) is 6.42 Å². The molecule has 0 N–H and O–H groups in total. The number of fused-ring (bicyclic) bond motifs is 11. The maximum absolute atomic E-state index is 5.15. The molecule has 288 valence electrons. The van der Waals surface area contributed by atoms with Gasteiger partial charge in [-0.15, -0.1) is 0 Å². The van der Waals surface area contributed by atoms with Gasteiger partial charge in [0.1, 0.15) is 0 Å². The third-order valence-electron chi connectivity index (χ3n) is 13.2. The van der Waals surface area contributed by atoms with Gasteiger partial charge in [0.05, 0.1) is 0 Å². The Morgan fingerprint density at radius 1 is 0.306 bits per heavy atom. The summed E-state index contributed by atoms with van der Waals surface area (Å²) in [6.45, 7) is 0. The monoisotopic (exact) mass is 787 g/mol. The molecule has 0 spiro atoms. The third-order valence-corrected chi connectivity index (χ3v) is 13.2. The molecule has 0 saturated heterocycles. The van der Waals surface area contributed by atoms with Crippen molar-refractivity contribution in [3.8, 4) is 78.7 Å². The molecule has 10 aromatic carbocycles. The van der Waals surface area contributed by atoms with Crippen molar-refractivity contribution in [3.63, 3.8) is 0 Å². The summed E-state index contributed by atoms with van der Waals surface area (Å²) in [5, 5.41) is 10.5. The molecule has 0 fully saturated rings. The molecule has 2 aliphatic carbocycles. The second-order valence-corrected chi connectivity index (χ2v) is 16.5. The van der Waals surface area contributed by atoms with Gasteiger partial charge in [-0.1, -0.05) is 194 Å². The summed E-state index contributed by atoms with van der Waals surface area (Å²) < 4.78 is 0. The van der Waals surface area contributed by atoms with Crippen molar-refractivity contribution in [2.45, 2.75) is 12.8 Å². The first-order valence-electron chi connectivity index (χ1n) is 21.5. The van der Waals surface area contributed by atoms with E-state index in [4.69, 9.17) is 15.0 Å². The number of hydrogen-bond donors (Lipinski definition) is 0. The molecule has 1 aromatic heterocycles. The van der Waals surface area contributed by atoms with E-state index in [1.54, 1.807) is 0 Å². The van der Waals surface area contributed by atoms with E-state index >= 15 is 0 Å². The van der Waals surface area contributed by atoms with E-state index in [9.17, 15) is 0 Å². The number of aromatic nitrogens is 3. The van der Waals surface area contributed by atoms with Crippen molar-refractivity contribution in [1.29, 1.82) is 0 Å². The van der Waals surface area contributed by atoms with Crippen LogP contribution in [0.25, 0.3) is 128 Å². The van der Waals surface area contributed by atoms with E-state index in [1.807, 2.05) is 18.2 Å². The van der Waals surface area contributed by atoms with Crippen molar-refractivity contribution in [1.82, 2.24) is 15.0 Å². The van der Waals surface area contributed by atoms with E-state index < -0.39 is 0 Å². The normalized spacial score (nSPS) is 12.6. The Hall–Kier alpha value is -8.01. The van der Waals surface area contributed by atoms with Crippen LogP contribution in [0.5, 0.6) is 0 Å². The number of rotatable bonds is 5. The zero-order valence-electron chi connectivity index (χ0n) is 33.8. The van der Waals surface area contributed by atoms with Gasteiger partial charge in [-0.05, 0) is 118 Å². The summed E-state index contributed by atoms with van der Waals surface area (Å²) in [4.78, 5) is 15.3. The van der Waals surface area contributed by atoms with Crippen LogP contribution in [0.4, 0.5) is 0 Å². The number of benzene rings is 10. The molecule has 3 nitrogen and oxygen atoms in total. The lowest BCUT2D eigenvalue weighted by Gasteiger charge is -2.21. The van der Waals surface area contributed by atoms with E-state index in [0.29, 0.717) is 17.5 Å². The molecule has 0 bridgehead atoms. The Bertz CT molecular complexity index is 3630. The van der Waals surface area contributed by atoms with Gasteiger partial charge in [-0.2, -0.15) is 0 Å². The molecule has 13 rings (SSSR count). The van der Waals surface area contributed by atoms with Gasteiger partial charge in [-0.3, -0.25) is 0 Å². The summed E-state index contributed by atoms with van der Waals surface area (Å²) in [7, 11) is 0. The molecule has 3 heteroatoms. The topological polar surface area (TPSA) is 38.7 Å². The van der Waals surface area contributed by atoms with E-state index in [2.05, 4.69) is 182 Å². The van der Waals surface area contributed by atoms with Crippen molar-refractivity contribution >= 4 is 49.2 Å². The summed E-state index contributed by atoms with van der Waals surface area (Å²) in [6.07, 6.45) is 6.83. The molecule has 11 aromatic rings. The highest BCUT2D eigenvalue weighted by Gasteiger charge is 2.23. The average molecular weight is 788 g/mol. The number of nitrogens with zero attached hydrogens (tertiary/aromatic N) is 3. The van der Waals surface area contributed by atoms with Gasteiger partial charge in [0.25, 0.3) is 0 Å². The fraction of sp³-hybridized carbons (Fsp3) is 0.0339. The third kappa shape index (κ3) is 5.35. The second kappa shape index (κ2) is 13.8. The van der Waals surface area contributed by atoms with Crippen molar-refractivity contribution in [2.24, 2.45) is 0 Å². The summed E-state index contributed by atoms with van der Waals surface area (Å²) in [5.74, 6) is 1.94. The molecule has 0 aliphatic heterocycles. The van der Waals surface area contributed by atoms with Crippen molar-refractivity contribution < 1.29 is 0 Å². The van der Waals surface area contributed by atoms with Crippen LogP contribution in [0.1, 0.15) is 17.5 Å². The SMILES string of the molecule is C1=Cc2c(c3ccccc3c3cc(-c4ccc(-c5nc(-c6ccccc6)nc(-c6ccc(-c7ccc8c9c(cccc79)-c7ccccc7-8)cc6)n5)cc4)c4ccccc4c23)CC1. The van der Waals surface area contributed by atoms with E-state index in [0.717, 1.165) is 40.7 Å². The molecule has 0 saturated carbocycles. The molecule has 2 aliphatic rings. The lowest BCUT2D eigenvalue weighted by molar-refractivity contribution is 1.00. The fourth-order valence-corrected chi connectivity index (χ4v) is 10.3. The zero-order valence-corrected chi connectivity index (χ0v) is 33.8. The highest BCUT2D eigenvalue weighted by molar-refractivity contribution is 6.25. The van der Waals surface area contributed by atoms with Gasteiger partial charge in [-0.25, -0.2) is 15.0 Å². The minimum Gasteiger partial charge on any atom is -0.208 e. The first kappa shape index (κ1) is 34.8. The van der Waals surface area contributed by atoms with E-state index in [-0.39, 0.29) is 0 Å². The Balaban J connectivity index is 0.906. The van der Waals surface area contributed by atoms with Crippen LogP contribution < -0.4 is 0 Å². The lowest BCUT2D eigenvalue weighted by atomic mass is 9.83. The first-order valence-corrected chi connectivity index (χ1v) is 21.5. The number of hydrogen-bond acceptors (Lipinski definition) is 3. The van der Waals surface area contributed by atoms with Crippen LogP contribution in [0.3, 0.4) is 0 Å². The highest BCUT2D eigenvalue weighted by atomic mass is 15.0. The quantitative estimate of drug-likeness (QED) is 0.163. The van der Waals surface area contributed by atoms with Crippen molar-refractivity contribution in [3.05, 3.63) is 205 Å². The predicted octanol–water partition coefficient (Wildman–Crippen LogP) is 15.4. The standard InChI is InChI=1S/C59H37N3/c1-2-13-38(14-3-1)57-60-58(39-29-25-36(26-30-39)41-33-34-52-45-18-6-5-17-44(45)51-24-12-23-48(41)55(51)52)62-59(61-57)40-31-27-37(28-32-40)53-35-54-46-19-7-4-15-42(46)43-16-8-10-21-49(43)56(54)50-22-11-9-20-47(50)53/h1-7,9-15,17-35H,8,16H2. The zero-order chi connectivity index (χ0) is 40.7. The van der Waals surface area contributed by atoms with E-state index in [1.165, 1.54) is 87.6 Å². The number of aryl methyl sites for hydroxylation is 1. The second-order valence-electron chi connectivity index (χ2n) is 16.5. The molecular formula is C59H37N3. The van der Waals surface area contributed by atoms with Gasteiger partial charge in [0.15, 0.2) is 17.5 Å². The molecule has 1 heterocycles. The van der Waals surface area contributed by atoms with Crippen LogP contribution in [0.15, 0.2) is 194 Å². The van der Waals surface area contributed by atoms with Crippen LogP contribution >= 0.6 is 0 Å². The average Bonchev–Trinajstić information content (AvgIpc) is 3.68. The number of allylic oxidation sites excluding steroid dienone is 1. The van der Waals surface area contributed by atoms with Crippen LogP contribution in [0.2, 0.25) is 0 Å². The molecule has 0 unspecified atom stereocenters. The Morgan fingerprint density at radius 2 is 0.806 bits per heavy atom. The smallest absolute Gasteiger partial charge is 0.164 e. The lowest BCUT2D eigenvalue weighted by Crippen LogP contribution is -2.00. The molecule has 0 amide bonds. The Kier molecular flexibility index (Phi) is 7.73. The predicted molar refractivity (Wildman–Crippen MR) is 259 cm³/mol. The largest absolute Gasteiger partial charge is 0.208 e. The maximum atomic E-state index is 5.15. The summed E-state index contributed by atoms with van der Waals surface area (Å²) in [5.41, 5.74) is 15.6. The minimum absolute atomic E-state index is 0.643. The van der Waals surface area contributed by atoms with Gasteiger partial charge >= 0.3 is 0 Å². The molecule has 0 radical (unpaired) electrons. The maximum Gasteiger partial charge on any atom is 0.164 e. The summed E-state index contributed by atoms with van der Waals surface area (Å²) >= 11 is 0. The van der Waals surface area contributed by atoms with Crippen LogP contribution in [-0.4, -0.2) is 15.0 Å².